The van der Waals surface area contributed by atoms with Gasteiger partial charge in [-0.2, -0.15) is 0 Å². The molecule has 1 saturated heterocycles. The molecule has 1 fully saturated rings. The topological polar surface area (TPSA) is 72.7 Å². The molecule has 0 saturated carbocycles. The lowest BCUT2D eigenvalue weighted by atomic mass is 10.1. The SMILES string of the molecule is CCOC(=O)/C(=C1/SCCCN1C)c1ccc([N+](=O)[O-])cc1. The largest absolute Gasteiger partial charge is 0.462 e. The van der Waals surface area contributed by atoms with Crippen LogP contribution >= 0.6 is 11.8 Å². The van der Waals surface area contributed by atoms with Gasteiger partial charge in [0.1, 0.15) is 0 Å². The standard InChI is InChI=1S/C15H18N2O4S/c1-3-21-15(18)13(14-16(2)9-4-10-22-14)11-5-7-12(8-6-11)17(19)20/h5-8H,3-4,9-10H2,1-2H3/b14-13+. The van der Waals surface area contributed by atoms with E-state index >= 15 is 0 Å². The Bertz CT molecular complexity index is 598. The van der Waals surface area contributed by atoms with Crippen molar-refractivity contribution in [2.24, 2.45) is 0 Å². The summed E-state index contributed by atoms with van der Waals surface area (Å²) in [5.74, 6) is 0.544. The van der Waals surface area contributed by atoms with E-state index in [1.165, 1.54) is 12.1 Å². The Morgan fingerprint density at radius 1 is 1.41 bits per heavy atom. The van der Waals surface area contributed by atoms with Crippen molar-refractivity contribution in [2.45, 2.75) is 13.3 Å². The van der Waals surface area contributed by atoms with Gasteiger partial charge < -0.3 is 9.64 Å². The third-order valence-electron chi connectivity index (χ3n) is 3.28. The molecule has 1 aliphatic rings. The monoisotopic (exact) mass is 322 g/mol. The van der Waals surface area contributed by atoms with E-state index in [4.69, 9.17) is 4.74 Å². The number of hydrogen-bond acceptors (Lipinski definition) is 6. The molecule has 2 rings (SSSR count). The lowest BCUT2D eigenvalue weighted by Gasteiger charge is -2.29. The molecule has 0 amide bonds. The Morgan fingerprint density at radius 3 is 2.64 bits per heavy atom. The zero-order valence-corrected chi connectivity index (χ0v) is 13.4. The van der Waals surface area contributed by atoms with Crippen LogP contribution in [0.3, 0.4) is 0 Å². The Hall–Kier alpha value is -2.02. The van der Waals surface area contributed by atoms with Gasteiger partial charge in [0, 0.05) is 31.5 Å². The fourth-order valence-electron chi connectivity index (χ4n) is 2.23. The number of nitrogens with zero attached hydrogens (tertiary/aromatic N) is 2. The van der Waals surface area contributed by atoms with Gasteiger partial charge in [-0.15, -0.1) is 11.8 Å². The molecule has 0 N–H and O–H groups in total. The van der Waals surface area contributed by atoms with Gasteiger partial charge >= 0.3 is 5.97 Å². The number of carbonyl (C=O) groups is 1. The Balaban J connectivity index is 2.46. The lowest BCUT2D eigenvalue weighted by molar-refractivity contribution is -0.384. The number of ether oxygens (including phenoxy) is 1. The molecule has 0 atom stereocenters. The van der Waals surface area contributed by atoms with Crippen LogP contribution in [0.4, 0.5) is 5.69 Å². The highest BCUT2D eigenvalue weighted by atomic mass is 32.2. The van der Waals surface area contributed by atoms with Crippen molar-refractivity contribution in [1.29, 1.82) is 0 Å². The minimum atomic E-state index is -0.456. The van der Waals surface area contributed by atoms with Crippen molar-refractivity contribution >= 4 is 29.0 Å². The number of thioether (sulfide) groups is 1. The van der Waals surface area contributed by atoms with E-state index in [1.54, 1.807) is 30.8 Å². The van der Waals surface area contributed by atoms with Crippen molar-refractivity contribution in [3.05, 3.63) is 45.0 Å². The minimum Gasteiger partial charge on any atom is -0.462 e. The van der Waals surface area contributed by atoms with E-state index in [0.29, 0.717) is 11.1 Å². The van der Waals surface area contributed by atoms with Crippen LogP contribution < -0.4 is 0 Å². The van der Waals surface area contributed by atoms with Gasteiger partial charge in [-0.1, -0.05) is 0 Å². The molecular formula is C15H18N2O4S. The maximum absolute atomic E-state index is 12.4. The van der Waals surface area contributed by atoms with E-state index in [-0.39, 0.29) is 12.3 Å². The highest BCUT2D eigenvalue weighted by molar-refractivity contribution is 8.03. The molecule has 0 aromatic heterocycles. The fourth-order valence-corrected chi connectivity index (χ4v) is 3.35. The lowest BCUT2D eigenvalue weighted by Crippen LogP contribution is -2.25. The number of nitro benzene ring substituents is 1. The molecule has 22 heavy (non-hydrogen) atoms. The highest BCUT2D eigenvalue weighted by Crippen LogP contribution is 2.34. The summed E-state index contributed by atoms with van der Waals surface area (Å²) < 4.78 is 5.17. The molecule has 6 nitrogen and oxygen atoms in total. The minimum absolute atomic E-state index is 0.00149. The molecule has 118 valence electrons. The van der Waals surface area contributed by atoms with Crippen molar-refractivity contribution in [1.82, 2.24) is 4.90 Å². The maximum Gasteiger partial charge on any atom is 0.341 e. The molecule has 1 aromatic carbocycles. The maximum atomic E-state index is 12.4. The molecule has 0 aliphatic carbocycles. The van der Waals surface area contributed by atoms with Gasteiger partial charge in [0.25, 0.3) is 5.69 Å². The van der Waals surface area contributed by atoms with Crippen molar-refractivity contribution in [3.63, 3.8) is 0 Å². The first-order valence-electron chi connectivity index (χ1n) is 7.04. The number of esters is 1. The Morgan fingerprint density at radius 2 is 2.09 bits per heavy atom. The van der Waals surface area contributed by atoms with E-state index < -0.39 is 10.9 Å². The van der Waals surface area contributed by atoms with Gasteiger partial charge in [0.2, 0.25) is 0 Å². The zero-order valence-electron chi connectivity index (χ0n) is 12.6. The van der Waals surface area contributed by atoms with E-state index in [0.717, 1.165) is 23.7 Å². The zero-order chi connectivity index (χ0) is 16.1. The van der Waals surface area contributed by atoms with E-state index in [1.807, 2.05) is 11.9 Å². The summed E-state index contributed by atoms with van der Waals surface area (Å²) in [6.45, 7) is 2.92. The first-order chi connectivity index (χ1) is 10.5. The summed E-state index contributed by atoms with van der Waals surface area (Å²) in [6, 6.07) is 6.01. The number of hydrogen-bond donors (Lipinski definition) is 0. The summed E-state index contributed by atoms with van der Waals surface area (Å²) >= 11 is 1.61. The van der Waals surface area contributed by atoms with Gasteiger partial charge in [-0.25, -0.2) is 4.79 Å². The van der Waals surface area contributed by atoms with Crippen LogP contribution in [0.2, 0.25) is 0 Å². The average Bonchev–Trinajstić information content (AvgIpc) is 2.50. The first kappa shape index (κ1) is 16.4. The molecule has 1 aliphatic heterocycles. The summed E-state index contributed by atoms with van der Waals surface area (Å²) in [5, 5.41) is 11.6. The molecule has 0 radical (unpaired) electrons. The smallest absolute Gasteiger partial charge is 0.341 e. The van der Waals surface area contributed by atoms with Crippen LogP contribution in [-0.4, -0.2) is 41.7 Å². The predicted octanol–water partition coefficient (Wildman–Crippen LogP) is 2.90. The normalized spacial score (nSPS) is 17.1. The van der Waals surface area contributed by atoms with E-state index in [2.05, 4.69) is 0 Å². The average molecular weight is 322 g/mol. The van der Waals surface area contributed by atoms with Gasteiger partial charge in [0.15, 0.2) is 0 Å². The van der Waals surface area contributed by atoms with Crippen molar-refractivity contribution in [2.75, 3.05) is 26.0 Å². The number of nitro groups is 1. The van der Waals surface area contributed by atoms with Gasteiger partial charge in [0.05, 0.1) is 22.1 Å². The van der Waals surface area contributed by atoms with Crippen molar-refractivity contribution < 1.29 is 14.5 Å². The number of rotatable bonds is 4. The quantitative estimate of drug-likeness (QED) is 0.367. The van der Waals surface area contributed by atoms with Crippen LogP contribution in [0, 0.1) is 10.1 Å². The molecular weight excluding hydrogens is 304 g/mol. The van der Waals surface area contributed by atoms with Crippen LogP contribution in [0.25, 0.3) is 5.57 Å². The number of benzene rings is 1. The predicted molar refractivity (Wildman–Crippen MR) is 86.4 cm³/mol. The Kier molecular flexibility index (Phi) is 5.43. The van der Waals surface area contributed by atoms with E-state index in [9.17, 15) is 14.9 Å². The van der Waals surface area contributed by atoms with Gasteiger partial charge in [-0.05, 0) is 31.0 Å². The molecule has 7 heteroatoms. The molecule has 1 heterocycles. The summed E-state index contributed by atoms with van der Waals surface area (Å²) in [5.41, 5.74) is 1.12. The van der Waals surface area contributed by atoms with Gasteiger partial charge in [-0.3, -0.25) is 10.1 Å². The van der Waals surface area contributed by atoms with Crippen LogP contribution in [-0.2, 0) is 9.53 Å². The summed E-state index contributed by atoms with van der Waals surface area (Å²) in [4.78, 5) is 24.7. The second-order valence-electron chi connectivity index (χ2n) is 4.83. The van der Waals surface area contributed by atoms with Crippen LogP contribution in [0.5, 0.6) is 0 Å². The Labute approximate surface area is 133 Å². The van der Waals surface area contributed by atoms with Crippen molar-refractivity contribution in [3.8, 4) is 0 Å². The molecule has 1 aromatic rings. The van der Waals surface area contributed by atoms with Crippen LogP contribution in [0.1, 0.15) is 18.9 Å². The third-order valence-corrected chi connectivity index (χ3v) is 4.57. The third kappa shape index (κ3) is 3.59. The first-order valence-corrected chi connectivity index (χ1v) is 8.03. The molecule has 0 unspecified atom stereocenters. The second-order valence-corrected chi connectivity index (χ2v) is 5.91. The second kappa shape index (κ2) is 7.31. The number of non-ortho nitro benzene ring substituents is 1. The summed E-state index contributed by atoms with van der Waals surface area (Å²) in [6.07, 6.45) is 1.06. The molecule has 0 bridgehead atoms. The summed E-state index contributed by atoms with van der Waals surface area (Å²) in [7, 11) is 1.94. The fraction of sp³-hybridized carbons (Fsp3) is 0.400. The number of carbonyl (C=O) groups excluding carboxylic acids is 1. The van der Waals surface area contributed by atoms with Crippen LogP contribution in [0.15, 0.2) is 29.3 Å². The molecule has 0 spiro atoms. The highest BCUT2D eigenvalue weighted by Gasteiger charge is 2.24.